The maximum Gasteiger partial charge on any atom is 0.317 e. The van der Waals surface area contributed by atoms with Crippen LogP contribution in [-0.2, 0) is 4.74 Å². The highest BCUT2D eigenvalue weighted by atomic mass is 16.5. The Balaban J connectivity index is 2.27. The van der Waals surface area contributed by atoms with Crippen LogP contribution in [0.15, 0.2) is 0 Å². The van der Waals surface area contributed by atoms with Crippen molar-refractivity contribution in [2.24, 2.45) is 5.92 Å². The van der Waals surface area contributed by atoms with Gasteiger partial charge in [-0.3, -0.25) is 0 Å². The number of urea groups is 1. The second-order valence-corrected chi connectivity index (χ2v) is 3.39. The minimum Gasteiger partial charge on any atom is -0.384 e. The molecule has 4 heteroatoms. The van der Waals surface area contributed by atoms with Gasteiger partial charge in [0.25, 0.3) is 0 Å². The maximum absolute atomic E-state index is 11.4. The molecule has 0 aromatic carbocycles. The predicted octanol–water partition coefficient (Wildman–Crippen LogP) is 0.684. The van der Waals surface area contributed by atoms with Crippen molar-refractivity contribution in [2.45, 2.75) is 13.3 Å². The minimum absolute atomic E-state index is 0.0566. The van der Waals surface area contributed by atoms with Crippen LogP contribution in [0.5, 0.6) is 0 Å². The Labute approximate surface area is 79.2 Å². The summed E-state index contributed by atoms with van der Waals surface area (Å²) in [6.07, 6.45) is 1.06. The largest absolute Gasteiger partial charge is 0.384 e. The molecular formula is C9H18N2O2. The SMILES string of the molecule is CCNC(=O)N1CCC(COC)C1. The van der Waals surface area contributed by atoms with E-state index in [0.717, 1.165) is 26.1 Å². The predicted molar refractivity (Wildman–Crippen MR) is 50.6 cm³/mol. The van der Waals surface area contributed by atoms with Gasteiger partial charge in [-0.2, -0.15) is 0 Å². The third-order valence-electron chi connectivity index (χ3n) is 2.30. The lowest BCUT2D eigenvalue weighted by atomic mass is 10.1. The van der Waals surface area contributed by atoms with Crippen LogP contribution in [0, 0.1) is 5.92 Å². The van der Waals surface area contributed by atoms with Gasteiger partial charge in [-0.25, -0.2) is 4.79 Å². The van der Waals surface area contributed by atoms with Crippen molar-refractivity contribution in [3.63, 3.8) is 0 Å². The summed E-state index contributed by atoms with van der Waals surface area (Å²) in [5, 5.41) is 2.80. The summed E-state index contributed by atoms with van der Waals surface area (Å²) in [7, 11) is 1.70. The number of amides is 2. The first-order valence-electron chi connectivity index (χ1n) is 4.79. The van der Waals surface area contributed by atoms with Crippen LogP contribution in [0.2, 0.25) is 0 Å². The molecule has 1 aliphatic heterocycles. The molecule has 1 N–H and O–H groups in total. The van der Waals surface area contributed by atoms with E-state index in [1.54, 1.807) is 7.11 Å². The Morgan fingerprint density at radius 2 is 2.46 bits per heavy atom. The molecule has 1 fully saturated rings. The van der Waals surface area contributed by atoms with Crippen molar-refractivity contribution < 1.29 is 9.53 Å². The molecule has 76 valence electrons. The van der Waals surface area contributed by atoms with Gasteiger partial charge in [0.2, 0.25) is 0 Å². The number of hydrogen-bond donors (Lipinski definition) is 1. The first-order chi connectivity index (χ1) is 6.27. The van der Waals surface area contributed by atoms with Gasteiger partial charge >= 0.3 is 6.03 Å². The first kappa shape index (κ1) is 10.3. The number of hydrogen-bond acceptors (Lipinski definition) is 2. The molecule has 0 radical (unpaired) electrons. The van der Waals surface area contributed by atoms with Gasteiger partial charge in [-0.1, -0.05) is 0 Å². The summed E-state index contributed by atoms with van der Waals surface area (Å²) in [5.41, 5.74) is 0. The molecule has 0 aliphatic carbocycles. The van der Waals surface area contributed by atoms with Gasteiger partial charge in [0.15, 0.2) is 0 Å². The fourth-order valence-electron chi connectivity index (χ4n) is 1.65. The highest BCUT2D eigenvalue weighted by Crippen LogP contribution is 2.15. The molecule has 1 unspecified atom stereocenters. The van der Waals surface area contributed by atoms with Crippen LogP contribution in [0.25, 0.3) is 0 Å². The summed E-state index contributed by atoms with van der Waals surface area (Å²) >= 11 is 0. The third kappa shape index (κ3) is 2.88. The van der Waals surface area contributed by atoms with Crippen molar-refractivity contribution in [1.82, 2.24) is 10.2 Å². The van der Waals surface area contributed by atoms with E-state index >= 15 is 0 Å². The van der Waals surface area contributed by atoms with Crippen molar-refractivity contribution in [3.05, 3.63) is 0 Å². The molecule has 1 atom stereocenters. The number of nitrogens with zero attached hydrogens (tertiary/aromatic N) is 1. The van der Waals surface area contributed by atoms with E-state index in [4.69, 9.17) is 4.74 Å². The zero-order chi connectivity index (χ0) is 9.68. The van der Waals surface area contributed by atoms with E-state index in [9.17, 15) is 4.79 Å². The summed E-state index contributed by atoms with van der Waals surface area (Å²) in [5.74, 6) is 0.521. The van der Waals surface area contributed by atoms with Crippen LogP contribution in [0.1, 0.15) is 13.3 Å². The number of likely N-dealkylation sites (tertiary alicyclic amines) is 1. The Kier molecular flexibility index (Phi) is 4.02. The second kappa shape index (κ2) is 5.07. The monoisotopic (exact) mass is 186 g/mol. The van der Waals surface area contributed by atoms with Gasteiger partial charge in [0.1, 0.15) is 0 Å². The Morgan fingerprint density at radius 3 is 3.08 bits per heavy atom. The number of methoxy groups -OCH3 is 1. The molecule has 13 heavy (non-hydrogen) atoms. The molecular weight excluding hydrogens is 168 g/mol. The lowest BCUT2D eigenvalue weighted by molar-refractivity contribution is 0.153. The average Bonchev–Trinajstić information content (AvgIpc) is 2.54. The standard InChI is InChI=1S/C9H18N2O2/c1-3-10-9(12)11-5-4-8(6-11)7-13-2/h8H,3-7H2,1-2H3,(H,10,12). The highest BCUT2D eigenvalue weighted by molar-refractivity contribution is 5.74. The number of carbonyl (C=O) groups excluding carboxylic acids is 1. The van der Waals surface area contributed by atoms with Crippen LogP contribution < -0.4 is 5.32 Å². The van der Waals surface area contributed by atoms with Crippen LogP contribution >= 0.6 is 0 Å². The summed E-state index contributed by atoms with van der Waals surface area (Å²) in [4.78, 5) is 13.2. The number of carbonyl (C=O) groups is 1. The zero-order valence-electron chi connectivity index (χ0n) is 8.38. The Bertz CT molecular complexity index is 173. The molecule has 0 bridgehead atoms. The van der Waals surface area contributed by atoms with E-state index < -0.39 is 0 Å². The van der Waals surface area contributed by atoms with Gasteiger partial charge in [0.05, 0.1) is 6.61 Å². The third-order valence-corrected chi connectivity index (χ3v) is 2.30. The van der Waals surface area contributed by atoms with Crippen molar-refractivity contribution in [1.29, 1.82) is 0 Å². The second-order valence-electron chi connectivity index (χ2n) is 3.39. The quantitative estimate of drug-likeness (QED) is 0.704. The Morgan fingerprint density at radius 1 is 1.69 bits per heavy atom. The normalized spacial score (nSPS) is 22.0. The molecule has 1 heterocycles. The van der Waals surface area contributed by atoms with Crippen molar-refractivity contribution in [2.75, 3.05) is 33.4 Å². The number of ether oxygens (including phenoxy) is 1. The van der Waals surface area contributed by atoms with Crippen molar-refractivity contribution in [3.8, 4) is 0 Å². The van der Waals surface area contributed by atoms with Gasteiger partial charge < -0.3 is 15.0 Å². The maximum atomic E-state index is 11.4. The molecule has 1 aliphatic rings. The minimum atomic E-state index is 0.0566. The zero-order valence-corrected chi connectivity index (χ0v) is 8.38. The van der Waals surface area contributed by atoms with E-state index in [-0.39, 0.29) is 6.03 Å². The lowest BCUT2D eigenvalue weighted by Gasteiger charge is -2.16. The number of nitrogens with one attached hydrogen (secondary N) is 1. The van der Waals surface area contributed by atoms with Crippen molar-refractivity contribution >= 4 is 6.03 Å². The molecule has 1 rings (SSSR count). The fraction of sp³-hybridized carbons (Fsp3) is 0.889. The van der Waals surface area contributed by atoms with Crippen LogP contribution in [0.3, 0.4) is 0 Å². The summed E-state index contributed by atoms with van der Waals surface area (Å²) in [6, 6.07) is 0.0566. The van der Waals surface area contributed by atoms with Gasteiger partial charge in [-0.05, 0) is 13.3 Å². The molecule has 0 spiro atoms. The van der Waals surface area contributed by atoms with Gasteiger partial charge in [0, 0.05) is 32.7 Å². The molecule has 0 saturated carbocycles. The molecule has 0 aromatic heterocycles. The first-order valence-corrected chi connectivity index (χ1v) is 4.79. The topological polar surface area (TPSA) is 41.6 Å². The van der Waals surface area contributed by atoms with E-state index in [2.05, 4.69) is 5.32 Å². The molecule has 1 saturated heterocycles. The summed E-state index contributed by atoms with van der Waals surface area (Å²) < 4.78 is 5.06. The average molecular weight is 186 g/mol. The highest BCUT2D eigenvalue weighted by Gasteiger charge is 2.25. The van der Waals surface area contributed by atoms with Gasteiger partial charge in [-0.15, -0.1) is 0 Å². The number of rotatable bonds is 3. The fourth-order valence-corrected chi connectivity index (χ4v) is 1.65. The lowest BCUT2D eigenvalue weighted by Crippen LogP contribution is -2.38. The smallest absolute Gasteiger partial charge is 0.317 e. The van der Waals surface area contributed by atoms with Crippen LogP contribution in [0.4, 0.5) is 4.79 Å². The molecule has 4 nitrogen and oxygen atoms in total. The van der Waals surface area contributed by atoms with E-state index in [0.29, 0.717) is 12.5 Å². The molecule has 0 aromatic rings. The Hall–Kier alpha value is -0.770. The van der Waals surface area contributed by atoms with Crippen LogP contribution in [-0.4, -0.2) is 44.3 Å². The van der Waals surface area contributed by atoms with E-state index in [1.165, 1.54) is 0 Å². The van der Waals surface area contributed by atoms with E-state index in [1.807, 2.05) is 11.8 Å². The summed E-state index contributed by atoms with van der Waals surface area (Å²) in [6.45, 7) is 5.08. The molecule has 2 amide bonds.